The molecule has 0 aromatic heterocycles. The minimum absolute atomic E-state index is 0.0776. The minimum atomic E-state index is -0.456. The van der Waals surface area contributed by atoms with E-state index in [1.54, 1.807) is 7.11 Å². The second-order valence-electron chi connectivity index (χ2n) is 4.39. The molecule has 0 aliphatic carbocycles. The molecular weight excluding hydrogens is 304 g/mol. The predicted octanol–water partition coefficient (Wildman–Crippen LogP) is 3.84. The highest BCUT2D eigenvalue weighted by Crippen LogP contribution is 2.32. The van der Waals surface area contributed by atoms with Gasteiger partial charge in [0.05, 0.1) is 18.2 Å². The molecule has 0 amide bonds. The number of benzene rings is 1. The van der Waals surface area contributed by atoms with E-state index in [0.29, 0.717) is 30.4 Å². The maximum Gasteiger partial charge on any atom is 0.142 e. The molecule has 0 saturated carbocycles. The van der Waals surface area contributed by atoms with Crippen molar-refractivity contribution in [1.29, 1.82) is 0 Å². The van der Waals surface area contributed by atoms with E-state index in [2.05, 4.69) is 5.32 Å². The second-order valence-corrected chi connectivity index (χ2v) is 5.18. The maximum atomic E-state index is 13.4. The Morgan fingerprint density at radius 2 is 2.00 bits per heavy atom. The van der Waals surface area contributed by atoms with Crippen LogP contribution in [0.2, 0.25) is 10.0 Å². The summed E-state index contributed by atoms with van der Waals surface area (Å²) in [7, 11) is 1.64. The van der Waals surface area contributed by atoms with Gasteiger partial charge in [0.2, 0.25) is 0 Å². The van der Waals surface area contributed by atoms with Crippen LogP contribution in [0.15, 0.2) is 12.1 Å². The van der Waals surface area contributed by atoms with Crippen LogP contribution in [0.4, 0.5) is 4.39 Å². The molecule has 0 aliphatic heterocycles. The van der Waals surface area contributed by atoms with Gasteiger partial charge in [-0.2, -0.15) is 0 Å². The van der Waals surface area contributed by atoms with Crippen molar-refractivity contribution in [3.8, 4) is 0 Å². The van der Waals surface area contributed by atoms with Crippen LogP contribution in [0.25, 0.3) is 0 Å². The smallest absolute Gasteiger partial charge is 0.142 e. The monoisotopic (exact) mass is 323 g/mol. The molecule has 0 heterocycles. The number of ether oxygens (including phenoxy) is 2. The van der Waals surface area contributed by atoms with Crippen molar-refractivity contribution in [3.63, 3.8) is 0 Å². The lowest BCUT2D eigenvalue weighted by Gasteiger charge is -2.17. The van der Waals surface area contributed by atoms with Crippen molar-refractivity contribution in [2.24, 2.45) is 0 Å². The SMILES string of the molecule is COCCOCCCNC(C)c1c(Cl)ccc(F)c1Cl. The molecule has 1 aromatic carbocycles. The molecule has 0 radical (unpaired) electrons. The molecule has 1 atom stereocenters. The van der Waals surface area contributed by atoms with Crippen molar-refractivity contribution in [3.05, 3.63) is 33.6 Å². The molecule has 1 N–H and O–H groups in total. The van der Waals surface area contributed by atoms with Crippen molar-refractivity contribution < 1.29 is 13.9 Å². The zero-order valence-electron chi connectivity index (χ0n) is 11.7. The molecule has 0 bridgehead atoms. The normalized spacial score (nSPS) is 12.7. The minimum Gasteiger partial charge on any atom is -0.382 e. The topological polar surface area (TPSA) is 30.5 Å². The first kappa shape index (κ1) is 17.7. The van der Waals surface area contributed by atoms with E-state index in [-0.39, 0.29) is 11.1 Å². The van der Waals surface area contributed by atoms with E-state index in [9.17, 15) is 4.39 Å². The quantitative estimate of drug-likeness (QED) is 0.553. The predicted molar refractivity (Wildman–Crippen MR) is 80.1 cm³/mol. The van der Waals surface area contributed by atoms with E-state index in [4.69, 9.17) is 32.7 Å². The Kier molecular flexibility index (Phi) is 8.41. The first-order valence-electron chi connectivity index (χ1n) is 6.51. The molecule has 0 saturated heterocycles. The summed E-state index contributed by atoms with van der Waals surface area (Å²) in [5.74, 6) is -0.456. The average molecular weight is 324 g/mol. The van der Waals surface area contributed by atoms with Gasteiger partial charge in [0, 0.05) is 30.3 Å². The van der Waals surface area contributed by atoms with Gasteiger partial charge in [-0.25, -0.2) is 4.39 Å². The fourth-order valence-electron chi connectivity index (χ4n) is 1.78. The summed E-state index contributed by atoms with van der Waals surface area (Å²) in [4.78, 5) is 0. The average Bonchev–Trinajstić information content (AvgIpc) is 2.42. The fourth-order valence-corrected chi connectivity index (χ4v) is 2.48. The van der Waals surface area contributed by atoms with Gasteiger partial charge in [0.1, 0.15) is 5.82 Å². The summed E-state index contributed by atoms with van der Waals surface area (Å²) >= 11 is 12.0. The zero-order valence-corrected chi connectivity index (χ0v) is 13.2. The molecule has 1 unspecified atom stereocenters. The van der Waals surface area contributed by atoms with E-state index in [1.807, 2.05) is 6.92 Å². The van der Waals surface area contributed by atoms with Gasteiger partial charge >= 0.3 is 0 Å². The fraction of sp³-hybridized carbons (Fsp3) is 0.571. The molecular formula is C14H20Cl2FNO2. The van der Waals surface area contributed by atoms with Crippen LogP contribution in [-0.2, 0) is 9.47 Å². The standard InChI is InChI=1S/C14H20Cl2FNO2/c1-10(18-6-3-7-20-9-8-19-2)13-11(15)4-5-12(17)14(13)16/h4-5,10,18H,3,6-9H2,1-2H3. The Hall–Kier alpha value is -0.390. The molecule has 0 spiro atoms. The Balaban J connectivity index is 2.36. The van der Waals surface area contributed by atoms with Crippen LogP contribution in [0.1, 0.15) is 24.9 Å². The van der Waals surface area contributed by atoms with Crippen molar-refractivity contribution >= 4 is 23.2 Å². The van der Waals surface area contributed by atoms with Crippen LogP contribution in [0, 0.1) is 5.82 Å². The van der Waals surface area contributed by atoms with Crippen molar-refractivity contribution in [1.82, 2.24) is 5.32 Å². The van der Waals surface area contributed by atoms with E-state index < -0.39 is 5.82 Å². The number of hydrogen-bond acceptors (Lipinski definition) is 3. The van der Waals surface area contributed by atoms with Gasteiger partial charge in [0.15, 0.2) is 0 Å². The van der Waals surface area contributed by atoms with Gasteiger partial charge in [-0.15, -0.1) is 0 Å². The third-order valence-electron chi connectivity index (χ3n) is 2.86. The Labute approximate surface area is 129 Å². The third-order valence-corrected chi connectivity index (χ3v) is 3.57. The van der Waals surface area contributed by atoms with E-state index in [1.165, 1.54) is 12.1 Å². The lowest BCUT2D eigenvalue weighted by atomic mass is 10.1. The van der Waals surface area contributed by atoms with Gasteiger partial charge < -0.3 is 14.8 Å². The summed E-state index contributed by atoms with van der Waals surface area (Å²) in [5, 5.41) is 3.80. The molecule has 114 valence electrons. The highest BCUT2D eigenvalue weighted by atomic mass is 35.5. The third kappa shape index (κ3) is 5.54. The van der Waals surface area contributed by atoms with Crippen molar-refractivity contribution in [2.45, 2.75) is 19.4 Å². The molecule has 1 rings (SSSR count). The van der Waals surface area contributed by atoms with Crippen LogP contribution in [0.5, 0.6) is 0 Å². The van der Waals surface area contributed by atoms with E-state index >= 15 is 0 Å². The molecule has 0 fully saturated rings. The zero-order chi connectivity index (χ0) is 15.0. The number of halogens is 3. The molecule has 0 aliphatic rings. The van der Waals surface area contributed by atoms with Gasteiger partial charge in [-0.3, -0.25) is 0 Å². The molecule has 6 heteroatoms. The lowest BCUT2D eigenvalue weighted by molar-refractivity contribution is 0.0693. The number of rotatable bonds is 9. The Morgan fingerprint density at radius 3 is 2.70 bits per heavy atom. The summed E-state index contributed by atoms with van der Waals surface area (Å²) < 4.78 is 23.7. The summed E-state index contributed by atoms with van der Waals surface area (Å²) in [5.41, 5.74) is 0.591. The first-order valence-corrected chi connectivity index (χ1v) is 7.27. The van der Waals surface area contributed by atoms with Crippen LogP contribution >= 0.6 is 23.2 Å². The van der Waals surface area contributed by atoms with E-state index in [0.717, 1.165) is 13.0 Å². The maximum absolute atomic E-state index is 13.4. The van der Waals surface area contributed by atoms with Crippen LogP contribution in [-0.4, -0.2) is 33.5 Å². The summed E-state index contributed by atoms with van der Waals surface area (Å²) in [6.45, 7) is 4.47. The Bertz CT molecular complexity index is 418. The first-order chi connectivity index (χ1) is 9.57. The van der Waals surface area contributed by atoms with Gasteiger partial charge in [-0.05, 0) is 32.0 Å². The summed E-state index contributed by atoms with van der Waals surface area (Å²) in [6, 6.07) is 2.67. The Morgan fingerprint density at radius 1 is 1.25 bits per heavy atom. The van der Waals surface area contributed by atoms with Crippen molar-refractivity contribution in [2.75, 3.05) is 33.5 Å². The highest BCUT2D eigenvalue weighted by Gasteiger charge is 2.16. The van der Waals surface area contributed by atoms with Crippen LogP contribution in [0.3, 0.4) is 0 Å². The second kappa shape index (κ2) is 9.53. The summed E-state index contributed by atoms with van der Waals surface area (Å²) in [6.07, 6.45) is 0.846. The van der Waals surface area contributed by atoms with Gasteiger partial charge in [-0.1, -0.05) is 23.2 Å². The number of hydrogen-bond donors (Lipinski definition) is 1. The molecule has 1 aromatic rings. The molecule has 3 nitrogen and oxygen atoms in total. The highest BCUT2D eigenvalue weighted by molar-refractivity contribution is 6.36. The molecule has 20 heavy (non-hydrogen) atoms. The largest absolute Gasteiger partial charge is 0.382 e. The van der Waals surface area contributed by atoms with Crippen LogP contribution < -0.4 is 5.32 Å². The lowest BCUT2D eigenvalue weighted by Crippen LogP contribution is -2.22. The van der Waals surface area contributed by atoms with Gasteiger partial charge in [0.25, 0.3) is 0 Å². The number of methoxy groups -OCH3 is 1. The number of nitrogens with one attached hydrogen (secondary N) is 1.